The quantitative estimate of drug-likeness (QED) is 0.806. The van der Waals surface area contributed by atoms with Crippen LogP contribution >= 0.6 is 0 Å². The van der Waals surface area contributed by atoms with Gasteiger partial charge in [-0.05, 0) is 57.0 Å². The number of piperidine rings is 1. The number of β-amino-alcohol motifs (C(OH)–C–C–N with tert-alkyl or cyclic N) is 1. The van der Waals surface area contributed by atoms with Crippen LogP contribution in [0.3, 0.4) is 0 Å². The summed E-state index contributed by atoms with van der Waals surface area (Å²) in [7, 11) is 0. The Kier molecular flexibility index (Phi) is 6.04. The fraction of sp³-hybridized carbons (Fsp3) is 0.579. The first-order valence-electron chi connectivity index (χ1n) is 9.15. The van der Waals surface area contributed by atoms with Crippen molar-refractivity contribution in [2.24, 2.45) is 0 Å². The Morgan fingerprint density at radius 1 is 1.28 bits per heavy atom. The van der Waals surface area contributed by atoms with Crippen LogP contribution in [0.5, 0.6) is 5.75 Å². The molecule has 0 bridgehead atoms. The van der Waals surface area contributed by atoms with Crippen LogP contribution in [0, 0.1) is 6.92 Å². The van der Waals surface area contributed by atoms with Gasteiger partial charge in [-0.3, -0.25) is 5.10 Å². The molecule has 1 saturated heterocycles. The molecule has 0 saturated carbocycles. The van der Waals surface area contributed by atoms with Crippen LogP contribution in [0.25, 0.3) is 0 Å². The number of likely N-dealkylation sites (tertiary alicyclic amines) is 1. The summed E-state index contributed by atoms with van der Waals surface area (Å²) in [5.41, 5.74) is 1.29. The molecule has 1 aromatic carbocycles. The predicted octanol–water partition coefficient (Wildman–Crippen LogP) is 2.29. The molecule has 6 heteroatoms. The third kappa shape index (κ3) is 5.03. The highest BCUT2D eigenvalue weighted by Crippen LogP contribution is 2.25. The van der Waals surface area contributed by atoms with E-state index in [9.17, 15) is 5.11 Å². The van der Waals surface area contributed by atoms with Gasteiger partial charge in [0.15, 0.2) is 5.82 Å². The van der Waals surface area contributed by atoms with Crippen molar-refractivity contribution in [2.45, 2.75) is 45.1 Å². The van der Waals surface area contributed by atoms with Crippen molar-refractivity contribution in [3.05, 3.63) is 41.5 Å². The van der Waals surface area contributed by atoms with Crippen molar-refractivity contribution in [3.63, 3.8) is 0 Å². The van der Waals surface area contributed by atoms with E-state index in [4.69, 9.17) is 4.74 Å². The van der Waals surface area contributed by atoms with Gasteiger partial charge in [0.2, 0.25) is 0 Å². The Morgan fingerprint density at radius 3 is 2.60 bits per heavy atom. The molecule has 6 nitrogen and oxygen atoms in total. The van der Waals surface area contributed by atoms with E-state index < -0.39 is 6.10 Å². The van der Waals surface area contributed by atoms with Gasteiger partial charge in [0.05, 0.1) is 0 Å². The van der Waals surface area contributed by atoms with Crippen molar-refractivity contribution < 1.29 is 9.84 Å². The molecule has 0 aliphatic carbocycles. The third-order valence-electron chi connectivity index (χ3n) is 4.81. The topological polar surface area (TPSA) is 74.3 Å². The van der Waals surface area contributed by atoms with Crippen molar-refractivity contribution in [2.75, 3.05) is 26.2 Å². The summed E-state index contributed by atoms with van der Waals surface area (Å²) in [5.74, 6) is 3.04. The first kappa shape index (κ1) is 17.9. The highest BCUT2D eigenvalue weighted by Gasteiger charge is 2.24. The van der Waals surface area contributed by atoms with E-state index in [1.54, 1.807) is 0 Å². The van der Waals surface area contributed by atoms with Gasteiger partial charge < -0.3 is 14.7 Å². The molecular weight excluding hydrogens is 316 g/mol. The van der Waals surface area contributed by atoms with Crippen LogP contribution in [0.15, 0.2) is 24.3 Å². The Hall–Kier alpha value is -1.92. The van der Waals surface area contributed by atoms with Gasteiger partial charge in [-0.2, -0.15) is 5.10 Å². The third-order valence-corrected chi connectivity index (χ3v) is 4.81. The zero-order valence-electron chi connectivity index (χ0n) is 15.1. The van der Waals surface area contributed by atoms with E-state index in [2.05, 4.69) is 39.1 Å². The first-order chi connectivity index (χ1) is 12.1. The van der Waals surface area contributed by atoms with Gasteiger partial charge in [0, 0.05) is 12.5 Å². The van der Waals surface area contributed by atoms with E-state index in [0.29, 0.717) is 19.1 Å². The number of hydrogen-bond donors (Lipinski definition) is 2. The monoisotopic (exact) mass is 344 g/mol. The summed E-state index contributed by atoms with van der Waals surface area (Å²) in [5, 5.41) is 17.4. The van der Waals surface area contributed by atoms with Crippen LogP contribution in [0.4, 0.5) is 0 Å². The standard InChI is InChI=1S/C19H28N4O2/c1-3-15-4-6-18(7-5-15)25-13-17(24)12-23-10-8-16(9-11-23)19-20-14(2)21-22-19/h4-7,16-17,24H,3,8-13H2,1-2H3,(H,20,21,22). The summed E-state index contributed by atoms with van der Waals surface area (Å²) >= 11 is 0. The van der Waals surface area contributed by atoms with Gasteiger partial charge in [0.25, 0.3) is 0 Å². The van der Waals surface area contributed by atoms with E-state index >= 15 is 0 Å². The number of aryl methyl sites for hydroxylation is 2. The van der Waals surface area contributed by atoms with E-state index in [-0.39, 0.29) is 0 Å². The molecule has 1 unspecified atom stereocenters. The maximum absolute atomic E-state index is 10.3. The molecule has 1 fully saturated rings. The SMILES string of the molecule is CCc1ccc(OCC(O)CN2CCC(c3n[nH]c(C)n3)CC2)cc1. The Bertz CT molecular complexity index is 648. The largest absolute Gasteiger partial charge is 0.491 e. The molecule has 1 atom stereocenters. The maximum atomic E-state index is 10.3. The number of rotatable bonds is 7. The summed E-state index contributed by atoms with van der Waals surface area (Å²) in [6.07, 6.45) is 2.60. The first-order valence-corrected chi connectivity index (χ1v) is 9.15. The average molecular weight is 344 g/mol. The number of aliphatic hydroxyl groups excluding tert-OH is 1. The second-order valence-corrected chi connectivity index (χ2v) is 6.82. The Labute approximate surface area is 149 Å². The minimum atomic E-state index is -0.479. The van der Waals surface area contributed by atoms with Crippen LogP contribution in [-0.4, -0.2) is 57.5 Å². The molecular formula is C19H28N4O2. The second kappa shape index (κ2) is 8.45. The molecule has 0 amide bonds. The molecule has 1 aliphatic heterocycles. The number of ether oxygens (including phenoxy) is 1. The van der Waals surface area contributed by atoms with Crippen molar-refractivity contribution in [1.29, 1.82) is 0 Å². The molecule has 2 heterocycles. The zero-order valence-corrected chi connectivity index (χ0v) is 15.1. The summed E-state index contributed by atoms with van der Waals surface area (Å²) in [4.78, 5) is 6.74. The van der Waals surface area contributed by atoms with Gasteiger partial charge in [-0.1, -0.05) is 19.1 Å². The van der Waals surface area contributed by atoms with E-state index in [0.717, 1.165) is 49.8 Å². The number of aliphatic hydroxyl groups is 1. The summed E-state index contributed by atoms with van der Waals surface area (Å²) in [6, 6.07) is 8.07. The van der Waals surface area contributed by atoms with Crippen LogP contribution < -0.4 is 4.74 Å². The van der Waals surface area contributed by atoms with E-state index in [1.165, 1.54) is 5.56 Å². The fourth-order valence-corrected chi connectivity index (χ4v) is 3.28. The lowest BCUT2D eigenvalue weighted by atomic mass is 9.96. The molecule has 0 spiro atoms. The van der Waals surface area contributed by atoms with Crippen molar-refractivity contribution in [3.8, 4) is 5.75 Å². The molecule has 2 N–H and O–H groups in total. The molecule has 136 valence electrons. The Balaban J connectivity index is 1.39. The smallest absolute Gasteiger partial charge is 0.153 e. The van der Waals surface area contributed by atoms with Crippen LogP contribution in [0.1, 0.15) is 42.9 Å². The number of nitrogens with zero attached hydrogens (tertiary/aromatic N) is 3. The minimum absolute atomic E-state index is 0.325. The number of aromatic amines is 1. The number of nitrogens with one attached hydrogen (secondary N) is 1. The second-order valence-electron chi connectivity index (χ2n) is 6.82. The normalized spacial score (nSPS) is 17.6. The molecule has 25 heavy (non-hydrogen) atoms. The average Bonchev–Trinajstić information content (AvgIpc) is 3.07. The molecule has 3 rings (SSSR count). The lowest BCUT2D eigenvalue weighted by molar-refractivity contribution is 0.0591. The molecule has 0 radical (unpaired) electrons. The van der Waals surface area contributed by atoms with Gasteiger partial charge >= 0.3 is 0 Å². The molecule has 1 aromatic heterocycles. The number of benzene rings is 1. The highest BCUT2D eigenvalue weighted by molar-refractivity contribution is 5.27. The zero-order chi connectivity index (χ0) is 17.6. The number of H-pyrrole nitrogens is 1. The van der Waals surface area contributed by atoms with Gasteiger partial charge in [0.1, 0.15) is 24.3 Å². The number of hydrogen-bond acceptors (Lipinski definition) is 5. The fourth-order valence-electron chi connectivity index (χ4n) is 3.28. The van der Waals surface area contributed by atoms with Crippen LogP contribution in [-0.2, 0) is 6.42 Å². The Morgan fingerprint density at radius 2 is 2.00 bits per heavy atom. The summed E-state index contributed by atoms with van der Waals surface area (Å²) < 4.78 is 5.70. The van der Waals surface area contributed by atoms with E-state index in [1.807, 2.05) is 19.1 Å². The lowest BCUT2D eigenvalue weighted by Crippen LogP contribution is -2.40. The minimum Gasteiger partial charge on any atom is -0.491 e. The maximum Gasteiger partial charge on any atom is 0.153 e. The molecule has 2 aromatic rings. The van der Waals surface area contributed by atoms with Crippen molar-refractivity contribution in [1.82, 2.24) is 20.1 Å². The summed E-state index contributed by atoms with van der Waals surface area (Å²) in [6.45, 7) is 6.95. The predicted molar refractivity (Wildman–Crippen MR) is 96.9 cm³/mol. The number of aromatic nitrogens is 3. The van der Waals surface area contributed by atoms with Crippen LogP contribution in [0.2, 0.25) is 0 Å². The van der Waals surface area contributed by atoms with Gasteiger partial charge in [-0.25, -0.2) is 4.98 Å². The lowest BCUT2D eigenvalue weighted by Gasteiger charge is -2.32. The van der Waals surface area contributed by atoms with Gasteiger partial charge in [-0.15, -0.1) is 0 Å². The van der Waals surface area contributed by atoms with Crippen molar-refractivity contribution >= 4 is 0 Å². The highest BCUT2D eigenvalue weighted by atomic mass is 16.5. The molecule has 1 aliphatic rings.